The van der Waals surface area contributed by atoms with E-state index in [4.69, 9.17) is 4.42 Å². The number of amides is 1. The molecule has 0 saturated heterocycles. The first-order valence-electron chi connectivity index (χ1n) is 5.52. The average molecular weight is 241 g/mol. The molecule has 0 bridgehead atoms. The first-order valence-corrected chi connectivity index (χ1v) is 5.52. The Kier molecular flexibility index (Phi) is 2.37. The predicted molar refractivity (Wildman–Crippen MR) is 67.4 cm³/mol. The number of aryl methyl sites for hydroxylation is 1. The normalized spacial score (nSPS) is 10.7. The predicted octanol–water partition coefficient (Wildman–Crippen LogP) is 2.42. The molecule has 0 saturated carbocycles. The van der Waals surface area contributed by atoms with Crippen LogP contribution in [0.25, 0.3) is 11.0 Å². The fraction of sp³-hybridized carbons (Fsp3) is 0.0769. The monoisotopic (exact) mass is 241 g/mol. The fourth-order valence-electron chi connectivity index (χ4n) is 1.83. The fourth-order valence-corrected chi connectivity index (χ4v) is 1.83. The molecule has 3 rings (SSSR count). The van der Waals surface area contributed by atoms with Gasteiger partial charge in [0.1, 0.15) is 0 Å². The standard InChI is InChI=1S/C13H11N3O2/c1-16-10-6-3-2-5-9(10)14-13(16)15-12(17)11-7-4-8-18-11/h2-8H,1H3,(H,14,15,17). The zero-order valence-corrected chi connectivity index (χ0v) is 9.75. The largest absolute Gasteiger partial charge is 0.459 e. The number of anilines is 1. The summed E-state index contributed by atoms with van der Waals surface area (Å²) >= 11 is 0. The maximum absolute atomic E-state index is 11.8. The van der Waals surface area contributed by atoms with Crippen molar-refractivity contribution in [1.29, 1.82) is 0 Å². The van der Waals surface area contributed by atoms with Gasteiger partial charge in [-0.15, -0.1) is 0 Å². The van der Waals surface area contributed by atoms with Crippen molar-refractivity contribution in [3.63, 3.8) is 0 Å². The van der Waals surface area contributed by atoms with Crippen LogP contribution in [-0.2, 0) is 7.05 Å². The minimum absolute atomic E-state index is 0.266. The minimum Gasteiger partial charge on any atom is -0.459 e. The van der Waals surface area contributed by atoms with Gasteiger partial charge in [-0.1, -0.05) is 12.1 Å². The van der Waals surface area contributed by atoms with Crippen LogP contribution in [0.1, 0.15) is 10.6 Å². The van der Waals surface area contributed by atoms with E-state index in [0.29, 0.717) is 5.95 Å². The quantitative estimate of drug-likeness (QED) is 0.749. The number of hydrogen-bond acceptors (Lipinski definition) is 3. The van der Waals surface area contributed by atoms with Gasteiger partial charge in [-0.05, 0) is 24.3 Å². The molecule has 0 spiro atoms. The molecule has 5 nitrogen and oxygen atoms in total. The molecule has 90 valence electrons. The first-order chi connectivity index (χ1) is 8.75. The lowest BCUT2D eigenvalue weighted by Gasteiger charge is -2.02. The molecule has 3 aromatic rings. The highest BCUT2D eigenvalue weighted by molar-refractivity contribution is 6.02. The molecule has 5 heteroatoms. The van der Waals surface area contributed by atoms with Crippen molar-refractivity contribution < 1.29 is 9.21 Å². The smallest absolute Gasteiger partial charge is 0.293 e. The van der Waals surface area contributed by atoms with Crippen molar-refractivity contribution in [3.8, 4) is 0 Å². The Morgan fingerprint density at radius 3 is 2.83 bits per heavy atom. The zero-order valence-electron chi connectivity index (χ0n) is 9.75. The number of aromatic nitrogens is 2. The lowest BCUT2D eigenvalue weighted by Crippen LogP contribution is -2.14. The highest BCUT2D eigenvalue weighted by Gasteiger charge is 2.13. The third-order valence-corrected chi connectivity index (χ3v) is 2.76. The van der Waals surface area contributed by atoms with Crippen LogP contribution in [0.15, 0.2) is 47.1 Å². The van der Waals surface area contributed by atoms with Crippen LogP contribution in [0.4, 0.5) is 5.95 Å². The van der Waals surface area contributed by atoms with E-state index in [1.807, 2.05) is 35.9 Å². The van der Waals surface area contributed by atoms with E-state index >= 15 is 0 Å². The first kappa shape index (κ1) is 10.6. The van der Waals surface area contributed by atoms with E-state index in [9.17, 15) is 4.79 Å². The van der Waals surface area contributed by atoms with E-state index in [0.717, 1.165) is 11.0 Å². The summed E-state index contributed by atoms with van der Waals surface area (Å²) < 4.78 is 6.86. The van der Waals surface area contributed by atoms with Gasteiger partial charge in [-0.3, -0.25) is 10.1 Å². The van der Waals surface area contributed by atoms with Gasteiger partial charge in [0.15, 0.2) is 5.76 Å². The highest BCUT2D eigenvalue weighted by Crippen LogP contribution is 2.18. The molecule has 18 heavy (non-hydrogen) atoms. The lowest BCUT2D eigenvalue weighted by molar-refractivity contribution is 0.0995. The second-order valence-corrected chi connectivity index (χ2v) is 3.91. The molecule has 0 aliphatic heterocycles. The maximum Gasteiger partial charge on any atom is 0.293 e. The van der Waals surface area contributed by atoms with Gasteiger partial charge in [0.25, 0.3) is 5.91 Å². The summed E-state index contributed by atoms with van der Waals surface area (Å²) in [6.07, 6.45) is 1.46. The van der Waals surface area contributed by atoms with E-state index in [2.05, 4.69) is 10.3 Å². The maximum atomic E-state index is 11.8. The highest BCUT2D eigenvalue weighted by atomic mass is 16.3. The number of carbonyl (C=O) groups excluding carboxylic acids is 1. The van der Waals surface area contributed by atoms with Crippen LogP contribution in [0.2, 0.25) is 0 Å². The van der Waals surface area contributed by atoms with Gasteiger partial charge < -0.3 is 8.98 Å². The Morgan fingerprint density at radius 2 is 2.11 bits per heavy atom. The Labute approximate surface area is 103 Å². The van der Waals surface area contributed by atoms with Crippen LogP contribution >= 0.6 is 0 Å². The van der Waals surface area contributed by atoms with Crippen LogP contribution < -0.4 is 5.32 Å². The lowest BCUT2D eigenvalue weighted by atomic mass is 10.3. The molecule has 0 unspecified atom stereocenters. The summed E-state index contributed by atoms with van der Waals surface area (Å²) in [5, 5.41) is 2.72. The molecule has 0 radical (unpaired) electrons. The van der Waals surface area contributed by atoms with E-state index < -0.39 is 0 Å². The molecule has 2 heterocycles. The van der Waals surface area contributed by atoms with Crippen LogP contribution in [-0.4, -0.2) is 15.5 Å². The molecule has 2 aromatic heterocycles. The van der Waals surface area contributed by atoms with Gasteiger partial charge in [-0.25, -0.2) is 4.98 Å². The van der Waals surface area contributed by atoms with Crippen LogP contribution in [0, 0.1) is 0 Å². The molecule has 1 N–H and O–H groups in total. The molecule has 0 fully saturated rings. The van der Waals surface area contributed by atoms with Crippen molar-refractivity contribution in [3.05, 3.63) is 48.4 Å². The molecular formula is C13H11N3O2. The van der Waals surface area contributed by atoms with Crippen LogP contribution in [0.3, 0.4) is 0 Å². The van der Waals surface area contributed by atoms with Crippen molar-refractivity contribution in [2.45, 2.75) is 0 Å². The van der Waals surface area contributed by atoms with Crippen LogP contribution in [0.5, 0.6) is 0 Å². The number of nitrogens with one attached hydrogen (secondary N) is 1. The summed E-state index contributed by atoms with van der Waals surface area (Å²) in [5.41, 5.74) is 1.81. The van der Waals surface area contributed by atoms with Gasteiger partial charge >= 0.3 is 0 Å². The molecule has 0 aliphatic rings. The Morgan fingerprint density at radius 1 is 1.28 bits per heavy atom. The Bertz CT molecular complexity index is 698. The number of carbonyl (C=O) groups is 1. The molecule has 0 aliphatic carbocycles. The summed E-state index contributed by atoms with van der Waals surface area (Å²) in [5.74, 6) is 0.457. The molecule has 1 aromatic carbocycles. The molecular weight excluding hydrogens is 230 g/mol. The molecule has 1 amide bonds. The Hall–Kier alpha value is -2.56. The molecule has 0 atom stereocenters. The summed E-state index contributed by atoms with van der Waals surface area (Å²) in [6.45, 7) is 0. The van der Waals surface area contributed by atoms with Crippen molar-refractivity contribution in [2.75, 3.05) is 5.32 Å². The van der Waals surface area contributed by atoms with E-state index in [1.165, 1.54) is 6.26 Å². The Balaban J connectivity index is 1.96. The third-order valence-electron chi connectivity index (χ3n) is 2.76. The number of rotatable bonds is 2. The number of para-hydroxylation sites is 2. The number of benzene rings is 1. The topological polar surface area (TPSA) is 60.1 Å². The van der Waals surface area contributed by atoms with E-state index in [-0.39, 0.29) is 11.7 Å². The summed E-state index contributed by atoms with van der Waals surface area (Å²) in [6, 6.07) is 11.0. The summed E-state index contributed by atoms with van der Waals surface area (Å²) in [4.78, 5) is 16.2. The minimum atomic E-state index is -0.307. The second-order valence-electron chi connectivity index (χ2n) is 3.91. The van der Waals surface area contributed by atoms with Gasteiger partial charge in [0, 0.05) is 7.05 Å². The SMILES string of the molecule is Cn1c(NC(=O)c2ccco2)nc2ccccc21. The van der Waals surface area contributed by atoms with Crippen molar-refractivity contribution in [2.24, 2.45) is 7.05 Å². The van der Waals surface area contributed by atoms with Gasteiger partial charge in [-0.2, -0.15) is 0 Å². The summed E-state index contributed by atoms with van der Waals surface area (Å²) in [7, 11) is 1.85. The second kappa shape index (κ2) is 4.03. The number of furan rings is 1. The van der Waals surface area contributed by atoms with Crippen molar-refractivity contribution >= 4 is 22.9 Å². The number of fused-ring (bicyclic) bond motifs is 1. The number of nitrogens with zero attached hydrogens (tertiary/aromatic N) is 2. The number of hydrogen-bond donors (Lipinski definition) is 1. The van der Waals surface area contributed by atoms with Gasteiger partial charge in [0.05, 0.1) is 17.3 Å². The zero-order chi connectivity index (χ0) is 12.5. The van der Waals surface area contributed by atoms with Gasteiger partial charge in [0.2, 0.25) is 5.95 Å². The third kappa shape index (κ3) is 1.66. The van der Waals surface area contributed by atoms with E-state index in [1.54, 1.807) is 12.1 Å². The number of imidazole rings is 1. The van der Waals surface area contributed by atoms with Crippen molar-refractivity contribution in [1.82, 2.24) is 9.55 Å². The average Bonchev–Trinajstić information content (AvgIpc) is 3.00.